The third kappa shape index (κ3) is 5.44. The Balaban J connectivity index is 1.46. The van der Waals surface area contributed by atoms with Gasteiger partial charge in [0.05, 0.1) is 22.8 Å². The van der Waals surface area contributed by atoms with Gasteiger partial charge in [-0.25, -0.2) is 4.99 Å². The summed E-state index contributed by atoms with van der Waals surface area (Å²) in [6, 6.07) is 41.0. The van der Waals surface area contributed by atoms with Crippen LogP contribution in [0.4, 0.5) is 0 Å². The number of aryl methyl sites for hydroxylation is 7. The van der Waals surface area contributed by atoms with Crippen LogP contribution >= 0.6 is 0 Å². The van der Waals surface area contributed by atoms with Gasteiger partial charge in [-0.3, -0.25) is 0 Å². The standard InChI is InChI=1S/C50H46N2/c1-30-20-24-37(25-21-30)44-41-18-10-14-35-12-6-8-16-39(35)47(41)51-49(44)46(43-33(4)28-32(3)29-34(43)5)50-45(38-26-22-31(2)23-27-38)42-19-11-15-36-13-7-9-17-40(36)48(42)52-50/h6-9,12-13,16-17,20-29,51H,10-11,14-15,18-19H2,1-5H3/b50-46-. The van der Waals surface area contributed by atoms with Gasteiger partial charge in [0.15, 0.2) is 0 Å². The smallest absolute Gasteiger partial charge is 0.0818 e. The number of allylic oxidation sites excluding steroid dienone is 2. The van der Waals surface area contributed by atoms with Crippen molar-refractivity contribution in [3.8, 4) is 22.4 Å². The van der Waals surface area contributed by atoms with Gasteiger partial charge in [-0.1, -0.05) is 126 Å². The molecule has 2 aliphatic carbocycles. The van der Waals surface area contributed by atoms with Gasteiger partial charge in [0.1, 0.15) is 0 Å². The maximum atomic E-state index is 5.87. The van der Waals surface area contributed by atoms with Crippen molar-refractivity contribution in [3.63, 3.8) is 0 Å². The van der Waals surface area contributed by atoms with Crippen LogP contribution in [0, 0.1) is 34.6 Å². The van der Waals surface area contributed by atoms with Crippen LogP contribution < -0.4 is 0 Å². The van der Waals surface area contributed by atoms with Crippen molar-refractivity contribution in [3.05, 3.63) is 187 Å². The predicted octanol–water partition coefficient (Wildman–Crippen LogP) is 12.4. The van der Waals surface area contributed by atoms with Crippen molar-refractivity contribution < 1.29 is 0 Å². The molecule has 1 N–H and O–H groups in total. The summed E-state index contributed by atoms with van der Waals surface area (Å²) in [6.07, 6.45) is 6.40. The average Bonchev–Trinajstić information content (AvgIpc) is 3.56. The van der Waals surface area contributed by atoms with Crippen molar-refractivity contribution in [2.45, 2.75) is 73.1 Å². The van der Waals surface area contributed by atoms with Crippen molar-refractivity contribution in [1.29, 1.82) is 0 Å². The minimum atomic E-state index is 0.999. The first kappa shape index (κ1) is 32.4. The lowest BCUT2D eigenvalue weighted by molar-refractivity contribution is 0.836. The number of aromatic amines is 1. The second kappa shape index (κ2) is 12.9. The van der Waals surface area contributed by atoms with Gasteiger partial charge >= 0.3 is 0 Å². The predicted molar refractivity (Wildman–Crippen MR) is 219 cm³/mol. The van der Waals surface area contributed by atoms with E-state index in [9.17, 15) is 0 Å². The fourth-order valence-corrected chi connectivity index (χ4v) is 9.22. The Morgan fingerprint density at radius 3 is 1.83 bits per heavy atom. The average molecular weight is 675 g/mol. The second-order valence-corrected chi connectivity index (χ2v) is 15.3. The molecule has 0 unspecified atom stereocenters. The molecule has 52 heavy (non-hydrogen) atoms. The molecular weight excluding hydrogens is 629 g/mol. The molecule has 0 atom stereocenters. The maximum Gasteiger partial charge on any atom is 0.0818 e. The van der Waals surface area contributed by atoms with E-state index in [1.165, 1.54) is 106 Å². The van der Waals surface area contributed by atoms with Crippen LogP contribution in [-0.4, -0.2) is 10.7 Å². The number of H-pyrrole nitrogens is 1. The summed E-state index contributed by atoms with van der Waals surface area (Å²) in [7, 11) is 0. The molecule has 0 spiro atoms. The van der Waals surface area contributed by atoms with Gasteiger partial charge in [0.25, 0.3) is 0 Å². The van der Waals surface area contributed by atoms with E-state index >= 15 is 0 Å². The molecule has 6 aromatic rings. The first-order valence-corrected chi connectivity index (χ1v) is 19.1. The zero-order valence-corrected chi connectivity index (χ0v) is 31.1. The topological polar surface area (TPSA) is 28.1 Å². The van der Waals surface area contributed by atoms with Gasteiger partial charge in [0.2, 0.25) is 0 Å². The molecule has 256 valence electrons. The van der Waals surface area contributed by atoms with Crippen molar-refractivity contribution >= 4 is 16.9 Å². The van der Waals surface area contributed by atoms with E-state index in [1.54, 1.807) is 0 Å². The number of rotatable bonds is 4. The number of hydrogen-bond donors (Lipinski definition) is 1. The van der Waals surface area contributed by atoms with Crippen LogP contribution in [0.1, 0.15) is 86.2 Å². The highest BCUT2D eigenvalue weighted by Gasteiger charge is 2.35. The summed E-state index contributed by atoms with van der Waals surface area (Å²) in [6.45, 7) is 11.2. The summed E-state index contributed by atoms with van der Waals surface area (Å²) in [5.74, 6) is 0. The van der Waals surface area contributed by atoms with Crippen LogP contribution in [-0.2, 0) is 19.3 Å². The molecule has 3 aliphatic rings. The van der Waals surface area contributed by atoms with Gasteiger partial charge in [-0.15, -0.1) is 0 Å². The fraction of sp³-hybridized carbons (Fsp3) is 0.220. The number of fused-ring (bicyclic) bond motifs is 6. The number of benzene rings is 5. The summed E-state index contributed by atoms with van der Waals surface area (Å²) in [4.78, 5) is 10.1. The molecule has 5 aromatic carbocycles. The number of aromatic nitrogens is 1. The van der Waals surface area contributed by atoms with Crippen LogP contribution in [0.5, 0.6) is 0 Å². The second-order valence-electron chi connectivity index (χ2n) is 15.3. The molecular formula is C50H46N2. The van der Waals surface area contributed by atoms with E-state index in [0.717, 1.165) is 49.9 Å². The van der Waals surface area contributed by atoms with Gasteiger partial charge in [0, 0.05) is 27.8 Å². The Kier molecular flexibility index (Phi) is 8.07. The van der Waals surface area contributed by atoms with E-state index in [0.29, 0.717) is 0 Å². The highest BCUT2D eigenvalue weighted by Crippen LogP contribution is 2.50. The normalized spacial score (nSPS) is 16.0. The largest absolute Gasteiger partial charge is 0.354 e. The lowest BCUT2D eigenvalue weighted by Gasteiger charge is -2.20. The Labute approximate surface area is 308 Å². The molecule has 0 fully saturated rings. The number of nitrogens with zero attached hydrogens (tertiary/aromatic N) is 1. The van der Waals surface area contributed by atoms with Gasteiger partial charge in [-0.2, -0.15) is 0 Å². The number of aliphatic imine (C=N–C) groups is 1. The zero-order valence-electron chi connectivity index (χ0n) is 31.1. The van der Waals surface area contributed by atoms with Gasteiger partial charge < -0.3 is 4.98 Å². The lowest BCUT2D eigenvalue weighted by atomic mass is 9.84. The van der Waals surface area contributed by atoms with Gasteiger partial charge in [-0.05, 0) is 123 Å². The molecule has 0 saturated carbocycles. The molecule has 0 amide bonds. The van der Waals surface area contributed by atoms with E-state index in [1.807, 2.05) is 0 Å². The molecule has 2 nitrogen and oxygen atoms in total. The van der Waals surface area contributed by atoms with E-state index in [2.05, 4.69) is 149 Å². The highest BCUT2D eigenvalue weighted by atomic mass is 14.8. The van der Waals surface area contributed by atoms with Crippen LogP contribution in [0.25, 0.3) is 33.5 Å². The minimum absolute atomic E-state index is 0.999. The maximum absolute atomic E-state index is 5.87. The molecule has 1 aromatic heterocycles. The SMILES string of the molecule is Cc1ccc(C2=C3CCCc4ccccc4C3=N/C2=C(\c2[nH]c3c(c2-c2ccc(C)cc2)CCCc2ccccc2-3)c2c(C)cc(C)cc2C)cc1. The van der Waals surface area contributed by atoms with Crippen molar-refractivity contribution in [2.24, 2.45) is 4.99 Å². The Hall–Kier alpha value is -5.47. The molecule has 2 heteroatoms. The number of nitrogens with one attached hydrogen (secondary N) is 1. The zero-order chi connectivity index (χ0) is 35.5. The lowest BCUT2D eigenvalue weighted by Crippen LogP contribution is -2.03. The Bertz CT molecular complexity index is 2450. The Morgan fingerprint density at radius 2 is 1.15 bits per heavy atom. The molecule has 0 saturated heterocycles. The van der Waals surface area contributed by atoms with Crippen molar-refractivity contribution in [2.75, 3.05) is 0 Å². The van der Waals surface area contributed by atoms with E-state index in [-0.39, 0.29) is 0 Å². The quantitative estimate of drug-likeness (QED) is 0.193. The monoisotopic (exact) mass is 674 g/mol. The first-order valence-electron chi connectivity index (χ1n) is 19.1. The number of hydrogen-bond acceptors (Lipinski definition) is 1. The van der Waals surface area contributed by atoms with Crippen molar-refractivity contribution in [1.82, 2.24) is 4.98 Å². The third-order valence-corrected chi connectivity index (χ3v) is 11.6. The van der Waals surface area contributed by atoms with E-state index in [4.69, 9.17) is 4.99 Å². The van der Waals surface area contributed by atoms with Crippen LogP contribution in [0.3, 0.4) is 0 Å². The summed E-state index contributed by atoms with van der Waals surface area (Å²) in [5, 5.41) is 0. The molecule has 0 bridgehead atoms. The molecule has 9 rings (SSSR count). The summed E-state index contributed by atoms with van der Waals surface area (Å²) < 4.78 is 0. The highest BCUT2D eigenvalue weighted by molar-refractivity contribution is 6.24. The summed E-state index contributed by atoms with van der Waals surface area (Å²) in [5.41, 5.74) is 26.8. The molecule has 2 heterocycles. The first-order chi connectivity index (χ1) is 25.4. The van der Waals surface area contributed by atoms with Crippen LogP contribution in [0.15, 0.2) is 125 Å². The summed E-state index contributed by atoms with van der Waals surface area (Å²) >= 11 is 0. The van der Waals surface area contributed by atoms with E-state index < -0.39 is 0 Å². The minimum Gasteiger partial charge on any atom is -0.354 e. The van der Waals surface area contributed by atoms with Crippen LogP contribution in [0.2, 0.25) is 0 Å². The Morgan fingerprint density at radius 1 is 0.577 bits per heavy atom. The molecule has 1 aliphatic heterocycles. The molecule has 0 radical (unpaired) electrons. The fourth-order valence-electron chi connectivity index (χ4n) is 9.22. The third-order valence-electron chi connectivity index (χ3n) is 11.6.